The lowest BCUT2D eigenvalue weighted by molar-refractivity contribution is -0.131. The molecule has 3 nitrogen and oxygen atoms in total. The highest BCUT2D eigenvalue weighted by Crippen LogP contribution is 2.02. The maximum absolute atomic E-state index is 12.4. The van der Waals surface area contributed by atoms with Gasteiger partial charge in [0.05, 0.1) is 0 Å². The molecule has 0 fully saturated rings. The van der Waals surface area contributed by atoms with Crippen LogP contribution in [0.3, 0.4) is 0 Å². The molecule has 4 heteroatoms. The van der Waals surface area contributed by atoms with E-state index in [1.165, 1.54) is 18.3 Å². The van der Waals surface area contributed by atoms with Crippen LogP contribution in [0.1, 0.15) is 5.56 Å². The summed E-state index contributed by atoms with van der Waals surface area (Å²) < 4.78 is 12.4. The highest BCUT2D eigenvalue weighted by molar-refractivity contribution is 5.85. The van der Waals surface area contributed by atoms with E-state index in [4.69, 9.17) is 5.11 Å². The van der Waals surface area contributed by atoms with Crippen molar-refractivity contribution in [1.82, 2.24) is 4.98 Å². The molecule has 0 bridgehead atoms. The zero-order chi connectivity index (χ0) is 8.97. The predicted octanol–water partition coefficient (Wildman–Crippen LogP) is 1.32. The molecular formula is C8H6FNO2. The van der Waals surface area contributed by atoms with Crippen LogP contribution in [0.5, 0.6) is 0 Å². The third-order valence-corrected chi connectivity index (χ3v) is 1.17. The lowest BCUT2D eigenvalue weighted by Gasteiger charge is -1.90. The van der Waals surface area contributed by atoms with Gasteiger partial charge >= 0.3 is 5.97 Å². The summed E-state index contributed by atoms with van der Waals surface area (Å²) in [5, 5.41) is 8.25. The van der Waals surface area contributed by atoms with Gasteiger partial charge in [-0.3, -0.25) is 0 Å². The minimum absolute atomic E-state index is 0.477. The summed E-state index contributed by atoms with van der Waals surface area (Å²) in [6.07, 6.45) is 3.51. The van der Waals surface area contributed by atoms with Crippen molar-refractivity contribution in [3.63, 3.8) is 0 Å². The van der Waals surface area contributed by atoms with Gasteiger partial charge in [-0.05, 0) is 17.7 Å². The number of rotatable bonds is 2. The number of carbonyl (C=O) groups is 1. The van der Waals surface area contributed by atoms with Crippen molar-refractivity contribution in [2.45, 2.75) is 0 Å². The van der Waals surface area contributed by atoms with Crippen LogP contribution in [0.15, 0.2) is 24.4 Å². The summed E-state index contributed by atoms with van der Waals surface area (Å²) in [7, 11) is 0. The molecule has 62 valence electrons. The Labute approximate surface area is 68.2 Å². The van der Waals surface area contributed by atoms with Gasteiger partial charge < -0.3 is 5.11 Å². The van der Waals surface area contributed by atoms with Crippen molar-refractivity contribution in [2.75, 3.05) is 0 Å². The number of hydrogen-bond donors (Lipinski definition) is 1. The van der Waals surface area contributed by atoms with E-state index in [1.54, 1.807) is 0 Å². The quantitative estimate of drug-likeness (QED) is 0.533. The van der Waals surface area contributed by atoms with E-state index in [1.807, 2.05) is 0 Å². The van der Waals surface area contributed by atoms with Gasteiger partial charge in [0.15, 0.2) is 0 Å². The Morgan fingerprint density at radius 2 is 2.42 bits per heavy atom. The van der Waals surface area contributed by atoms with Crippen LogP contribution in [0, 0.1) is 5.95 Å². The summed E-state index contributed by atoms with van der Waals surface area (Å²) in [6.45, 7) is 0. The van der Waals surface area contributed by atoms with Gasteiger partial charge in [-0.25, -0.2) is 9.78 Å². The molecule has 0 spiro atoms. The second-order valence-corrected chi connectivity index (χ2v) is 2.08. The third-order valence-electron chi connectivity index (χ3n) is 1.17. The lowest BCUT2D eigenvalue weighted by Crippen LogP contribution is -1.86. The molecule has 1 aromatic rings. The standard InChI is InChI=1S/C8H6FNO2/c9-7-5-6(3-4-10-7)1-2-8(11)12/h1-5H,(H,11,12)/b2-1+. The van der Waals surface area contributed by atoms with Gasteiger partial charge in [0.1, 0.15) is 0 Å². The van der Waals surface area contributed by atoms with E-state index in [0.717, 1.165) is 12.1 Å². The molecule has 0 aromatic carbocycles. The van der Waals surface area contributed by atoms with Gasteiger partial charge in [0.2, 0.25) is 5.95 Å². The van der Waals surface area contributed by atoms with Crippen LogP contribution >= 0.6 is 0 Å². The molecule has 1 N–H and O–H groups in total. The van der Waals surface area contributed by atoms with E-state index in [0.29, 0.717) is 5.56 Å². The fraction of sp³-hybridized carbons (Fsp3) is 0. The second kappa shape index (κ2) is 3.61. The third kappa shape index (κ3) is 2.49. The maximum Gasteiger partial charge on any atom is 0.328 e. The van der Waals surface area contributed by atoms with Crippen LogP contribution in [0.2, 0.25) is 0 Å². The highest BCUT2D eigenvalue weighted by atomic mass is 19.1. The van der Waals surface area contributed by atoms with E-state index in [-0.39, 0.29) is 0 Å². The predicted molar refractivity (Wildman–Crippen MR) is 40.9 cm³/mol. The fourth-order valence-electron chi connectivity index (χ4n) is 0.689. The minimum atomic E-state index is -1.06. The first kappa shape index (κ1) is 8.39. The van der Waals surface area contributed by atoms with Gasteiger partial charge in [-0.15, -0.1) is 0 Å². The van der Waals surface area contributed by atoms with Crippen molar-refractivity contribution >= 4 is 12.0 Å². The van der Waals surface area contributed by atoms with Crippen LogP contribution in [0.25, 0.3) is 6.08 Å². The molecule has 0 aliphatic heterocycles. The molecule has 12 heavy (non-hydrogen) atoms. The molecular weight excluding hydrogens is 161 g/mol. The molecule has 0 atom stereocenters. The molecule has 1 rings (SSSR count). The number of hydrogen-bond acceptors (Lipinski definition) is 2. The first-order valence-electron chi connectivity index (χ1n) is 3.21. The smallest absolute Gasteiger partial charge is 0.328 e. The second-order valence-electron chi connectivity index (χ2n) is 2.08. The number of aliphatic carboxylic acids is 1. The summed E-state index contributed by atoms with van der Waals surface area (Å²) in [4.78, 5) is 13.4. The Kier molecular flexibility index (Phi) is 2.53. The largest absolute Gasteiger partial charge is 0.478 e. The fourth-order valence-corrected chi connectivity index (χ4v) is 0.689. The van der Waals surface area contributed by atoms with Gasteiger partial charge in [-0.1, -0.05) is 0 Å². The van der Waals surface area contributed by atoms with Crippen LogP contribution in [-0.2, 0) is 4.79 Å². The van der Waals surface area contributed by atoms with Crippen molar-refractivity contribution in [3.05, 3.63) is 35.9 Å². The highest BCUT2D eigenvalue weighted by Gasteiger charge is 1.92. The normalized spacial score (nSPS) is 10.4. The Hall–Kier alpha value is -1.71. The molecule has 0 saturated heterocycles. The average molecular weight is 167 g/mol. The molecule has 0 unspecified atom stereocenters. The van der Waals surface area contributed by atoms with Crippen molar-refractivity contribution in [1.29, 1.82) is 0 Å². The number of carboxylic acids is 1. The van der Waals surface area contributed by atoms with E-state index in [9.17, 15) is 9.18 Å². The monoisotopic (exact) mass is 167 g/mol. The van der Waals surface area contributed by atoms with Crippen molar-refractivity contribution in [3.8, 4) is 0 Å². The number of halogens is 1. The van der Waals surface area contributed by atoms with E-state index < -0.39 is 11.9 Å². The van der Waals surface area contributed by atoms with Gasteiger partial charge in [0, 0.05) is 18.3 Å². The average Bonchev–Trinajstić information content (AvgIpc) is 2.01. The minimum Gasteiger partial charge on any atom is -0.478 e. The molecule has 0 aliphatic rings. The Balaban J connectivity index is 2.83. The Morgan fingerprint density at radius 3 is 3.00 bits per heavy atom. The van der Waals surface area contributed by atoms with E-state index in [2.05, 4.69) is 4.98 Å². The summed E-state index contributed by atoms with van der Waals surface area (Å²) in [6, 6.07) is 2.67. The first-order valence-corrected chi connectivity index (χ1v) is 3.21. The first-order chi connectivity index (χ1) is 5.68. The van der Waals surface area contributed by atoms with E-state index >= 15 is 0 Å². The topological polar surface area (TPSA) is 50.2 Å². The SMILES string of the molecule is O=C(O)/C=C/c1ccnc(F)c1. The van der Waals surface area contributed by atoms with Crippen molar-refractivity contribution in [2.24, 2.45) is 0 Å². The van der Waals surface area contributed by atoms with Crippen LogP contribution in [-0.4, -0.2) is 16.1 Å². The molecule has 1 aromatic heterocycles. The number of carboxylic acid groups (broad SMARTS) is 1. The number of nitrogens with zero attached hydrogens (tertiary/aromatic N) is 1. The van der Waals surface area contributed by atoms with Crippen molar-refractivity contribution < 1.29 is 14.3 Å². The molecule has 0 aliphatic carbocycles. The maximum atomic E-state index is 12.4. The summed E-state index contributed by atoms with van der Waals surface area (Å²) in [5.41, 5.74) is 0.477. The number of aromatic nitrogens is 1. The van der Waals surface area contributed by atoms with Crippen LogP contribution < -0.4 is 0 Å². The zero-order valence-corrected chi connectivity index (χ0v) is 6.07. The van der Waals surface area contributed by atoms with Gasteiger partial charge in [0.25, 0.3) is 0 Å². The molecule has 0 radical (unpaired) electrons. The Morgan fingerprint density at radius 1 is 1.67 bits per heavy atom. The Bertz CT molecular complexity index is 323. The lowest BCUT2D eigenvalue weighted by atomic mass is 10.2. The molecule has 1 heterocycles. The number of pyridine rings is 1. The zero-order valence-electron chi connectivity index (χ0n) is 6.07. The molecule has 0 saturated carbocycles. The summed E-state index contributed by atoms with van der Waals surface area (Å²) in [5.74, 6) is -1.69. The van der Waals surface area contributed by atoms with Crippen LogP contribution in [0.4, 0.5) is 4.39 Å². The van der Waals surface area contributed by atoms with Gasteiger partial charge in [-0.2, -0.15) is 4.39 Å². The summed E-state index contributed by atoms with van der Waals surface area (Å²) >= 11 is 0. The molecule has 0 amide bonds.